The van der Waals surface area contributed by atoms with Crippen molar-refractivity contribution in [1.29, 1.82) is 0 Å². The molecule has 23 heavy (non-hydrogen) atoms. The quantitative estimate of drug-likeness (QED) is 0.889. The third-order valence-corrected chi connectivity index (χ3v) is 3.24. The number of nitrogens with one attached hydrogen (secondary N) is 1. The van der Waals surface area contributed by atoms with Gasteiger partial charge in [-0.3, -0.25) is 9.78 Å². The molecule has 0 fully saturated rings. The maximum absolute atomic E-state index is 12.5. The van der Waals surface area contributed by atoms with E-state index in [4.69, 9.17) is 5.11 Å². The van der Waals surface area contributed by atoms with Crippen molar-refractivity contribution in [2.24, 2.45) is 0 Å². The Bertz CT molecular complexity index is 643. The topological polar surface area (TPSA) is 62.2 Å². The summed E-state index contributed by atoms with van der Waals surface area (Å²) in [5, 5.41) is 11.8. The molecular weight excluding hydrogens is 309 g/mol. The lowest BCUT2D eigenvalue weighted by Gasteiger charge is -2.18. The van der Waals surface area contributed by atoms with E-state index in [2.05, 4.69) is 10.3 Å². The zero-order chi connectivity index (χ0) is 16.9. The van der Waals surface area contributed by atoms with Gasteiger partial charge < -0.3 is 10.4 Å². The highest BCUT2D eigenvalue weighted by molar-refractivity contribution is 5.94. The minimum atomic E-state index is -4.54. The molecule has 1 aromatic carbocycles. The van der Waals surface area contributed by atoms with E-state index in [-0.39, 0.29) is 12.2 Å². The molecule has 0 aliphatic rings. The molecule has 1 heterocycles. The number of halogens is 3. The van der Waals surface area contributed by atoms with E-state index in [1.165, 1.54) is 0 Å². The van der Waals surface area contributed by atoms with Crippen molar-refractivity contribution < 1.29 is 23.1 Å². The van der Waals surface area contributed by atoms with Crippen LogP contribution in [-0.2, 0) is 6.18 Å². The summed E-state index contributed by atoms with van der Waals surface area (Å²) in [5.41, 5.74) is -0.226. The standard InChI is InChI=1S/C16H15F3N2O2/c17-16(18,19)14-7-6-12(10-20-14)15(23)21-13(8-9-22)11-4-2-1-3-5-11/h1-7,10,13,22H,8-9H2,(H,21,23). The minimum Gasteiger partial charge on any atom is -0.396 e. The van der Waals surface area contributed by atoms with Gasteiger partial charge in [-0.25, -0.2) is 0 Å². The summed E-state index contributed by atoms with van der Waals surface area (Å²) in [5.74, 6) is -0.548. The first kappa shape index (κ1) is 17.0. The molecule has 7 heteroatoms. The molecular formula is C16H15F3N2O2. The Morgan fingerprint density at radius 1 is 1.17 bits per heavy atom. The van der Waals surface area contributed by atoms with Gasteiger partial charge in [0.1, 0.15) is 5.69 Å². The van der Waals surface area contributed by atoms with E-state index >= 15 is 0 Å². The lowest BCUT2D eigenvalue weighted by atomic mass is 10.0. The molecule has 4 nitrogen and oxygen atoms in total. The summed E-state index contributed by atoms with van der Waals surface area (Å²) in [7, 11) is 0. The van der Waals surface area contributed by atoms with E-state index in [1.54, 1.807) is 24.3 Å². The molecule has 2 rings (SSSR count). The van der Waals surface area contributed by atoms with Gasteiger partial charge in [-0.1, -0.05) is 30.3 Å². The predicted octanol–water partition coefficient (Wildman–Crippen LogP) is 2.95. The van der Waals surface area contributed by atoms with Crippen LogP contribution in [-0.4, -0.2) is 22.6 Å². The van der Waals surface area contributed by atoms with E-state index in [1.807, 2.05) is 6.07 Å². The molecule has 0 radical (unpaired) electrons. The highest BCUT2D eigenvalue weighted by Gasteiger charge is 2.32. The number of carbonyl (C=O) groups excluding carboxylic acids is 1. The molecule has 0 aliphatic heterocycles. The SMILES string of the molecule is O=C(NC(CCO)c1ccccc1)c1ccc(C(F)(F)F)nc1. The van der Waals surface area contributed by atoms with Crippen LogP contribution in [0.3, 0.4) is 0 Å². The van der Waals surface area contributed by atoms with Gasteiger partial charge in [0.25, 0.3) is 5.91 Å². The van der Waals surface area contributed by atoms with E-state index in [0.717, 1.165) is 23.9 Å². The normalized spacial score (nSPS) is 12.7. The number of aliphatic hydroxyl groups excluding tert-OH is 1. The second-order valence-corrected chi connectivity index (χ2v) is 4.88. The maximum atomic E-state index is 12.5. The summed E-state index contributed by atoms with van der Waals surface area (Å²) < 4.78 is 37.4. The van der Waals surface area contributed by atoms with Crippen molar-refractivity contribution in [1.82, 2.24) is 10.3 Å². The molecule has 122 valence electrons. The molecule has 0 spiro atoms. The fourth-order valence-electron chi connectivity index (χ4n) is 2.07. The molecule has 1 amide bonds. The summed E-state index contributed by atoms with van der Waals surface area (Å²) in [6, 6.07) is 10.4. The Hall–Kier alpha value is -2.41. The number of hydrogen-bond donors (Lipinski definition) is 2. The number of carbonyl (C=O) groups is 1. The van der Waals surface area contributed by atoms with Crippen molar-refractivity contribution in [3.8, 4) is 0 Å². The van der Waals surface area contributed by atoms with Gasteiger partial charge in [0.2, 0.25) is 0 Å². The van der Waals surface area contributed by atoms with Crippen LogP contribution < -0.4 is 5.32 Å². The van der Waals surface area contributed by atoms with Gasteiger partial charge in [-0.05, 0) is 24.1 Å². The number of alkyl halides is 3. The van der Waals surface area contributed by atoms with E-state index in [0.29, 0.717) is 6.42 Å². The van der Waals surface area contributed by atoms with Crippen LogP contribution in [0.15, 0.2) is 48.7 Å². The Labute approximate surface area is 131 Å². The Morgan fingerprint density at radius 2 is 1.87 bits per heavy atom. The molecule has 1 atom stereocenters. The Kier molecular flexibility index (Phi) is 5.33. The monoisotopic (exact) mass is 324 g/mol. The van der Waals surface area contributed by atoms with Crippen LogP contribution in [0.2, 0.25) is 0 Å². The maximum Gasteiger partial charge on any atom is 0.433 e. The van der Waals surface area contributed by atoms with Crippen molar-refractivity contribution in [2.45, 2.75) is 18.6 Å². The molecule has 0 bridgehead atoms. The summed E-state index contributed by atoms with van der Waals surface area (Å²) in [6.45, 7) is -0.134. The first-order valence-electron chi connectivity index (χ1n) is 6.91. The van der Waals surface area contributed by atoms with E-state index < -0.39 is 23.8 Å². The molecule has 2 aromatic rings. The summed E-state index contributed by atoms with van der Waals surface area (Å²) in [6.07, 6.45) is -3.36. The van der Waals surface area contributed by atoms with E-state index in [9.17, 15) is 18.0 Å². The average Bonchev–Trinajstić information content (AvgIpc) is 2.54. The Balaban J connectivity index is 2.13. The highest BCUT2D eigenvalue weighted by Crippen LogP contribution is 2.27. The second kappa shape index (κ2) is 7.23. The van der Waals surface area contributed by atoms with Crippen molar-refractivity contribution >= 4 is 5.91 Å². The zero-order valence-electron chi connectivity index (χ0n) is 12.0. The molecule has 0 saturated carbocycles. The van der Waals surface area contributed by atoms with Crippen molar-refractivity contribution in [3.63, 3.8) is 0 Å². The third-order valence-electron chi connectivity index (χ3n) is 3.24. The van der Waals surface area contributed by atoms with Crippen LogP contribution >= 0.6 is 0 Å². The lowest BCUT2D eigenvalue weighted by molar-refractivity contribution is -0.141. The van der Waals surface area contributed by atoms with Crippen molar-refractivity contribution in [3.05, 3.63) is 65.5 Å². The molecule has 1 unspecified atom stereocenters. The number of nitrogens with zero attached hydrogens (tertiary/aromatic N) is 1. The average molecular weight is 324 g/mol. The summed E-state index contributed by atoms with van der Waals surface area (Å²) in [4.78, 5) is 15.4. The third kappa shape index (κ3) is 4.53. The fraction of sp³-hybridized carbons (Fsp3) is 0.250. The number of benzene rings is 1. The number of amides is 1. The van der Waals surface area contributed by atoms with Crippen LogP contribution in [0, 0.1) is 0 Å². The number of hydrogen-bond acceptors (Lipinski definition) is 3. The molecule has 0 aliphatic carbocycles. The summed E-state index contributed by atoms with van der Waals surface area (Å²) >= 11 is 0. The lowest BCUT2D eigenvalue weighted by Crippen LogP contribution is -2.29. The number of aliphatic hydroxyl groups is 1. The second-order valence-electron chi connectivity index (χ2n) is 4.88. The van der Waals surface area contributed by atoms with Gasteiger partial charge in [0.15, 0.2) is 0 Å². The number of pyridine rings is 1. The van der Waals surface area contributed by atoms with Gasteiger partial charge in [-0.2, -0.15) is 13.2 Å². The first-order chi connectivity index (χ1) is 10.9. The van der Waals surface area contributed by atoms with Gasteiger partial charge in [-0.15, -0.1) is 0 Å². The number of rotatable bonds is 5. The smallest absolute Gasteiger partial charge is 0.396 e. The highest BCUT2D eigenvalue weighted by atomic mass is 19.4. The number of aromatic nitrogens is 1. The van der Waals surface area contributed by atoms with Crippen LogP contribution in [0.4, 0.5) is 13.2 Å². The molecule has 0 saturated heterocycles. The minimum absolute atomic E-state index is 0.0249. The zero-order valence-corrected chi connectivity index (χ0v) is 12.0. The van der Waals surface area contributed by atoms with Crippen LogP contribution in [0.1, 0.15) is 34.1 Å². The molecule has 1 aromatic heterocycles. The molecule has 2 N–H and O–H groups in total. The van der Waals surface area contributed by atoms with Gasteiger partial charge in [0, 0.05) is 12.8 Å². The van der Waals surface area contributed by atoms with Gasteiger partial charge >= 0.3 is 6.18 Å². The van der Waals surface area contributed by atoms with Gasteiger partial charge in [0.05, 0.1) is 11.6 Å². The first-order valence-corrected chi connectivity index (χ1v) is 6.91. The fourth-order valence-corrected chi connectivity index (χ4v) is 2.07. The van der Waals surface area contributed by atoms with Crippen LogP contribution in [0.25, 0.3) is 0 Å². The Morgan fingerprint density at radius 3 is 2.39 bits per heavy atom. The largest absolute Gasteiger partial charge is 0.433 e. The van der Waals surface area contributed by atoms with Crippen LogP contribution in [0.5, 0.6) is 0 Å². The predicted molar refractivity (Wildman–Crippen MR) is 77.6 cm³/mol. The van der Waals surface area contributed by atoms with Crippen molar-refractivity contribution in [2.75, 3.05) is 6.61 Å².